The number of allylic oxidation sites excluding steroid dienone is 1. The van der Waals surface area contributed by atoms with E-state index in [1.54, 1.807) is 17.9 Å². The minimum Gasteiger partial charge on any atom is -0.322 e. The second kappa shape index (κ2) is 13.3. The van der Waals surface area contributed by atoms with Crippen LogP contribution < -0.4 is 5.32 Å². The van der Waals surface area contributed by atoms with Crippen LogP contribution in [0.2, 0.25) is 0 Å². The predicted octanol–water partition coefficient (Wildman–Crippen LogP) is 5.37. The van der Waals surface area contributed by atoms with E-state index in [0.717, 1.165) is 22.7 Å². The largest absolute Gasteiger partial charge is 0.322 e. The average molecular weight is 398 g/mol. The Morgan fingerprint density at radius 1 is 1.14 bits per heavy atom. The van der Waals surface area contributed by atoms with E-state index in [4.69, 9.17) is 0 Å². The van der Waals surface area contributed by atoms with E-state index < -0.39 is 0 Å². The van der Waals surface area contributed by atoms with Gasteiger partial charge in [0.1, 0.15) is 5.84 Å². The number of hydrogen-bond donors (Lipinski definition) is 1. The number of rotatable bonds is 4. The summed E-state index contributed by atoms with van der Waals surface area (Å²) in [5.41, 5.74) is 2.71. The lowest BCUT2D eigenvalue weighted by Gasteiger charge is -2.06. The minimum atomic E-state index is 0.663. The molecule has 0 aliphatic heterocycles. The van der Waals surface area contributed by atoms with E-state index in [9.17, 15) is 0 Å². The topological polar surface area (TPSA) is 72.4 Å². The van der Waals surface area contributed by atoms with Crippen molar-refractivity contribution in [2.24, 2.45) is 12.0 Å². The third-order valence-corrected chi connectivity index (χ3v) is 3.74. The van der Waals surface area contributed by atoms with Gasteiger partial charge >= 0.3 is 0 Å². The van der Waals surface area contributed by atoms with Crippen LogP contribution in [0.5, 0.6) is 0 Å². The van der Waals surface area contributed by atoms with Crippen LogP contribution in [0.15, 0.2) is 48.1 Å². The first-order valence-electron chi connectivity index (χ1n) is 10.2. The molecule has 0 spiro atoms. The maximum absolute atomic E-state index is 4.47. The minimum absolute atomic E-state index is 0.663. The molecular formula is C22H35N7. The summed E-state index contributed by atoms with van der Waals surface area (Å²) in [4.78, 5) is 13.0. The maximum Gasteiger partial charge on any atom is 0.180 e. The summed E-state index contributed by atoms with van der Waals surface area (Å²) in [5.74, 6) is 1.39. The number of anilines is 1. The SMILES string of the molecule is C/C=C\C(=NC)Nc1nccn2c(-c3cnn(C)c3)cnc12.CCC.CCCC. The molecule has 0 saturated carbocycles. The summed E-state index contributed by atoms with van der Waals surface area (Å²) in [5, 5.41) is 7.39. The molecule has 0 unspecified atom stereocenters. The summed E-state index contributed by atoms with van der Waals surface area (Å²) in [6.07, 6.45) is 16.9. The Bertz CT molecular complexity index is 901. The van der Waals surface area contributed by atoms with Gasteiger partial charge in [0.2, 0.25) is 0 Å². The number of hydrogen-bond acceptors (Lipinski definition) is 4. The molecule has 0 aliphatic rings. The number of fused-ring (bicyclic) bond motifs is 1. The molecular weight excluding hydrogens is 362 g/mol. The van der Waals surface area contributed by atoms with Gasteiger partial charge in [-0.2, -0.15) is 5.10 Å². The molecule has 0 atom stereocenters. The van der Waals surface area contributed by atoms with Crippen molar-refractivity contribution >= 4 is 17.3 Å². The summed E-state index contributed by atoms with van der Waals surface area (Å²) in [6.45, 7) is 10.6. The van der Waals surface area contributed by atoms with Crippen LogP contribution in [0.1, 0.15) is 53.9 Å². The summed E-state index contributed by atoms with van der Waals surface area (Å²) < 4.78 is 3.75. The molecule has 3 aromatic rings. The molecule has 0 radical (unpaired) electrons. The Hall–Kier alpha value is -2.96. The van der Waals surface area contributed by atoms with Gasteiger partial charge in [-0.3, -0.25) is 14.1 Å². The monoisotopic (exact) mass is 397 g/mol. The van der Waals surface area contributed by atoms with Gasteiger partial charge in [-0.05, 0) is 13.0 Å². The molecule has 0 aromatic carbocycles. The second-order valence-corrected chi connectivity index (χ2v) is 6.46. The molecule has 0 fully saturated rings. The number of nitrogens with one attached hydrogen (secondary N) is 1. The molecule has 3 heterocycles. The first-order valence-corrected chi connectivity index (χ1v) is 10.2. The van der Waals surface area contributed by atoms with Crippen molar-refractivity contribution in [3.8, 4) is 11.3 Å². The molecule has 0 amide bonds. The lowest BCUT2D eigenvalue weighted by molar-refractivity contribution is 0.768. The van der Waals surface area contributed by atoms with E-state index in [-0.39, 0.29) is 0 Å². The second-order valence-electron chi connectivity index (χ2n) is 6.46. The standard InChI is InChI=1S/C15H17N7.C4H10.C3H8/c1-4-5-13(16-2)20-14-15-18-9-12(22(15)7-6-17-14)11-8-19-21(3)10-11;1-3-4-2;1-3-2/h4-10H,1-3H3,(H,16,17,20);3-4H2,1-2H3;3H2,1-2H3/b5-4-;;. The van der Waals surface area contributed by atoms with Crippen LogP contribution in [-0.2, 0) is 7.05 Å². The van der Waals surface area contributed by atoms with Crippen molar-refractivity contribution < 1.29 is 0 Å². The Kier molecular flexibility index (Phi) is 11.0. The van der Waals surface area contributed by atoms with Gasteiger partial charge in [0.05, 0.1) is 18.1 Å². The molecule has 7 nitrogen and oxygen atoms in total. The van der Waals surface area contributed by atoms with Crippen molar-refractivity contribution in [1.82, 2.24) is 24.1 Å². The Morgan fingerprint density at radius 2 is 1.83 bits per heavy atom. The van der Waals surface area contributed by atoms with Gasteiger partial charge in [0.15, 0.2) is 11.5 Å². The third-order valence-electron chi connectivity index (χ3n) is 3.74. The molecule has 29 heavy (non-hydrogen) atoms. The van der Waals surface area contributed by atoms with E-state index >= 15 is 0 Å². The van der Waals surface area contributed by atoms with Gasteiger partial charge < -0.3 is 5.32 Å². The highest BCUT2D eigenvalue weighted by Crippen LogP contribution is 2.22. The summed E-state index contributed by atoms with van der Waals surface area (Å²) >= 11 is 0. The van der Waals surface area contributed by atoms with Crippen LogP contribution in [0.3, 0.4) is 0 Å². The van der Waals surface area contributed by atoms with Crippen molar-refractivity contribution in [3.63, 3.8) is 0 Å². The highest BCUT2D eigenvalue weighted by Gasteiger charge is 2.11. The lowest BCUT2D eigenvalue weighted by atomic mass is 10.3. The highest BCUT2D eigenvalue weighted by molar-refractivity contribution is 6.04. The number of unbranched alkanes of at least 4 members (excludes halogenated alkanes) is 1. The maximum atomic E-state index is 4.47. The quantitative estimate of drug-likeness (QED) is 0.474. The lowest BCUT2D eigenvalue weighted by Crippen LogP contribution is -2.11. The fourth-order valence-corrected chi connectivity index (χ4v) is 2.23. The molecule has 1 N–H and O–H groups in total. The molecule has 158 valence electrons. The molecule has 7 heteroatoms. The van der Waals surface area contributed by atoms with Gasteiger partial charge in [0, 0.05) is 38.2 Å². The summed E-state index contributed by atoms with van der Waals surface area (Å²) in [6, 6.07) is 0. The summed E-state index contributed by atoms with van der Waals surface area (Å²) in [7, 11) is 3.62. The van der Waals surface area contributed by atoms with E-state index in [2.05, 4.69) is 53.1 Å². The third kappa shape index (κ3) is 7.18. The van der Waals surface area contributed by atoms with Crippen molar-refractivity contribution in [2.45, 2.75) is 53.9 Å². The first kappa shape index (κ1) is 24.1. The number of imidazole rings is 1. The Balaban J connectivity index is 0.000000526. The molecule has 0 bridgehead atoms. The van der Waals surface area contributed by atoms with Gasteiger partial charge in [-0.15, -0.1) is 0 Å². The van der Waals surface area contributed by atoms with Crippen LogP contribution in [0, 0.1) is 0 Å². The molecule has 0 aliphatic carbocycles. The number of amidine groups is 1. The van der Waals surface area contributed by atoms with Crippen molar-refractivity contribution in [3.05, 3.63) is 43.1 Å². The number of nitrogens with zero attached hydrogens (tertiary/aromatic N) is 6. The number of aliphatic imine (C=N–C) groups is 1. The fourth-order valence-electron chi connectivity index (χ4n) is 2.23. The van der Waals surface area contributed by atoms with E-state index in [0.29, 0.717) is 5.82 Å². The fraction of sp³-hybridized carbons (Fsp3) is 0.455. The smallest absolute Gasteiger partial charge is 0.180 e. The van der Waals surface area contributed by atoms with Gasteiger partial charge in [-0.1, -0.05) is 53.0 Å². The zero-order valence-corrected chi connectivity index (χ0v) is 18.8. The molecule has 0 saturated heterocycles. The molecule has 3 aromatic heterocycles. The van der Waals surface area contributed by atoms with Gasteiger partial charge in [-0.25, -0.2) is 9.97 Å². The number of aryl methyl sites for hydroxylation is 1. The number of aromatic nitrogens is 5. The van der Waals surface area contributed by atoms with Crippen molar-refractivity contribution in [1.29, 1.82) is 0 Å². The highest BCUT2D eigenvalue weighted by atomic mass is 15.2. The first-order chi connectivity index (χ1) is 14.1. The van der Waals surface area contributed by atoms with Crippen LogP contribution >= 0.6 is 0 Å². The van der Waals surface area contributed by atoms with Crippen molar-refractivity contribution in [2.75, 3.05) is 12.4 Å². The van der Waals surface area contributed by atoms with Crippen LogP contribution in [0.25, 0.3) is 16.9 Å². The Labute approximate surface area is 174 Å². The van der Waals surface area contributed by atoms with E-state index in [1.165, 1.54) is 19.3 Å². The Morgan fingerprint density at radius 3 is 2.34 bits per heavy atom. The van der Waals surface area contributed by atoms with Gasteiger partial charge in [0.25, 0.3) is 0 Å². The average Bonchev–Trinajstić information content (AvgIpc) is 3.35. The van der Waals surface area contributed by atoms with E-state index in [1.807, 2.05) is 55.3 Å². The molecule has 3 rings (SSSR count). The normalized spacial score (nSPS) is 11.1. The van der Waals surface area contributed by atoms with Crippen LogP contribution in [0.4, 0.5) is 5.82 Å². The zero-order valence-electron chi connectivity index (χ0n) is 18.8. The predicted molar refractivity (Wildman–Crippen MR) is 124 cm³/mol. The van der Waals surface area contributed by atoms with Crippen LogP contribution in [-0.4, -0.2) is 37.0 Å². The zero-order chi connectivity index (χ0) is 21.6.